The number of benzene rings is 1. The van der Waals surface area contributed by atoms with Crippen LogP contribution in [0.1, 0.15) is 5.76 Å². The summed E-state index contributed by atoms with van der Waals surface area (Å²) in [5.74, 6) is 2.63. The Kier molecular flexibility index (Phi) is 4.90. The number of rotatable bonds is 7. The fourth-order valence-corrected chi connectivity index (χ4v) is 3.01. The van der Waals surface area contributed by atoms with Gasteiger partial charge in [0.25, 0.3) is 0 Å². The number of furan rings is 1. The first-order valence-electron chi connectivity index (χ1n) is 7.27. The van der Waals surface area contributed by atoms with Gasteiger partial charge in [0.15, 0.2) is 16.6 Å². The molecule has 0 unspecified atom stereocenters. The Morgan fingerprint density at radius 3 is 2.46 bits per heavy atom. The number of hydrogen-bond acceptors (Lipinski definition) is 7. The van der Waals surface area contributed by atoms with Crippen molar-refractivity contribution >= 4 is 16.5 Å². The molecule has 0 spiro atoms. The summed E-state index contributed by atoms with van der Waals surface area (Å²) in [6.07, 6.45) is 1.65. The summed E-state index contributed by atoms with van der Waals surface area (Å²) in [5.41, 5.74) is 1.73. The summed E-state index contributed by atoms with van der Waals surface area (Å²) in [6.45, 7) is 0.592. The van der Waals surface area contributed by atoms with Crippen LogP contribution in [0.25, 0.3) is 11.3 Å². The average Bonchev–Trinajstić information content (AvgIpc) is 3.30. The molecule has 1 aromatic carbocycles. The number of methoxy groups -OCH3 is 3. The number of aromatic nitrogens is 1. The van der Waals surface area contributed by atoms with Gasteiger partial charge in [-0.1, -0.05) is 0 Å². The van der Waals surface area contributed by atoms with E-state index in [2.05, 4.69) is 10.3 Å². The van der Waals surface area contributed by atoms with Crippen LogP contribution in [0.3, 0.4) is 0 Å². The van der Waals surface area contributed by atoms with Gasteiger partial charge in [0.05, 0.1) is 39.8 Å². The number of anilines is 1. The van der Waals surface area contributed by atoms with E-state index in [1.165, 1.54) is 11.3 Å². The summed E-state index contributed by atoms with van der Waals surface area (Å²) >= 11 is 1.53. The predicted octanol–water partition coefficient (Wildman–Crippen LogP) is 4.04. The summed E-state index contributed by atoms with van der Waals surface area (Å²) in [5, 5.41) is 6.04. The van der Waals surface area contributed by atoms with Crippen molar-refractivity contribution in [1.82, 2.24) is 4.98 Å². The third-order valence-corrected chi connectivity index (χ3v) is 4.26. The number of thiazole rings is 1. The van der Waals surface area contributed by atoms with Crippen molar-refractivity contribution in [3.63, 3.8) is 0 Å². The lowest BCUT2D eigenvalue weighted by molar-refractivity contribution is 0.324. The Hall–Kier alpha value is -2.67. The van der Waals surface area contributed by atoms with Crippen LogP contribution in [-0.4, -0.2) is 26.3 Å². The first-order valence-corrected chi connectivity index (χ1v) is 8.15. The Labute approximate surface area is 144 Å². The Balaban J connectivity index is 1.84. The molecule has 0 radical (unpaired) electrons. The molecule has 0 saturated heterocycles. The van der Waals surface area contributed by atoms with Gasteiger partial charge in [-0.3, -0.25) is 0 Å². The van der Waals surface area contributed by atoms with Gasteiger partial charge in [0, 0.05) is 10.9 Å². The van der Waals surface area contributed by atoms with Crippen LogP contribution in [0, 0.1) is 0 Å². The highest BCUT2D eigenvalue weighted by molar-refractivity contribution is 7.14. The average molecular weight is 346 g/mol. The monoisotopic (exact) mass is 346 g/mol. The molecule has 0 aliphatic rings. The summed E-state index contributed by atoms with van der Waals surface area (Å²) < 4.78 is 21.4. The van der Waals surface area contributed by atoms with Gasteiger partial charge in [-0.05, 0) is 24.3 Å². The topological polar surface area (TPSA) is 65.8 Å². The molecule has 6 nitrogen and oxygen atoms in total. The molecule has 3 aromatic rings. The maximum Gasteiger partial charge on any atom is 0.203 e. The maximum absolute atomic E-state index is 5.39. The van der Waals surface area contributed by atoms with Gasteiger partial charge in [-0.25, -0.2) is 4.98 Å². The van der Waals surface area contributed by atoms with Crippen LogP contribution in [0.2, 0.25) is 0 Å². The third-order valence-electron chi connectivity index (χ3n) is 3.46. The SMILES string of the molecule is COc1cc(-c2csc(NCc3ccco3)n2)cc(OC)c1OC. The highest BCUT2D eigenvalue weighted by Gasteiger charge is 2.15. The first kappa shape index (κ1) is 16.2. The molecular formula is C17H18N2O4S. The van der Waals surface area contributed by atoms with Crippen LogP contribution in [0.4, 0.5) is 5.13 Å². The van der Waals surface area contributed by atoms with Crippen molar-refractivity contribution in [2.75, 3.05) is 26.6 Å². The highest BCUT2D eigenvalue weighted by Crippen LogP contribution is 2.41. The van der Waals surface area contributed by atoms with E-state index in [1.54, 1.807) is 27.6 Å². The van der Waals surface area contributed by atoms with E-state index in [4.69, 9.17) is 18.6 Å². The molecule has 24 heavy (non-hydrogen) atoms. The molecular weight excluding hydrogens is 328 g/mol. The smallest absolute Gasteiger partial charge is 0.203 e. The Morgan fingerprint density at radius 2 is 1.88 bits per heavy atom. The molecule has 0 aliphatic carbocycles. The van der Waals surface area contributed by atoms with Crippen LogP contribution in [0.5, 0.6) is 17.2 Å². The van der Waals surface area contributed by atoms with E-state index in [-0.39, 0.29) is 0 Å². The number of nitrogens with zero attached hydrogens (tertiary/aromatic N) is 1. The second kappa shape index (κ2) is 7.27. The van der Waals surface area contributed by atoms with Crippen molar-refractivity contribution in [2.45, 2.75) is 6.54 Å². The molecule has 0 atom stereocenters. The van der Waals surface area contributed by atoms with E-state index in [1.807, 2.05) is 29.6 Å². The summed E-state index contributed by atoms with van der Waals surface area (Å²) in [6, 6.07) is 7.54. The standard InChI is InChI=1S/C17H18N2O4S/c1-20-14-7-11(8-15(21-2)16(14)22-3)13-10-24-17(19-13)18-9-12-5-4-6-23-12/h4-8,10H,9H2,1-3H3,(H,18,19). The van der Waals surface area contributed by atoms with Gasteiger partial charge in [0.2, 0.25) is 5.75 Å². The molecule has 0 bridgehead atoms. The minimum atomic E-state index is 0.565. The van der Waals surface area contributed by atoms with Gasteiger partial charge in [-0.15, -0.1) is 11.3 Å². The molecule has 126 valence electrons. The minimum Gasteiger partial charge on any atom is -0.493 e. The predicted molar refractivity (Wildman–Crippen MR) is 93.2 cm³/mol. The Morgan fingerprint density at radius 1 is 1.12 bits per heavy atom. The van der Waals surface area contributed by atoms with Crippen LogP contribution < -0.4 is 19.5 Å². The molecule has 2 aromatic heterocycles. The van der Waals surface area contributed by atoms with Crippen LogP contribution in [-0.2, 0) is 6.54 Å². The van der Waals surface area contributed by atoms with Gasteiger partial charge in [-0.2, -0.15) is 0 Å². The third kappa shape index (κ3) is 3.30. The normalized spacial score (nSPS) is 10.5. The molecule has 0 aliphatic heterocycles. The lowest BCUT2D eigenvalue weighted by Gasteiger charge is -2.13. The number of ether oxygens (including phenoxy) is 3. The number of nitrogens with one attached hydrogen (secondary N) is 1. The summed E-state index contributed by atoms with van der Waals surface area (Å²) in [4.78, 5) is 4.60. The quantitative estimate of drug-likeness (QED) is 0.696. The zero-order valence-corrected chi connectivity index (χ0v) is 14.5. The summed E-state index contributed by atoms with van der Waals surface area (Å²) in [7, 11) is 4.77. The van der Waals surface area contributed by atoms with Crippen LogP contribution >= 0.6 is 11.3 Å². The molecule has 0 fully saturated rings. The largest absolute Gasteiger partial charge is 0.493 e. The number of hydrogen-bond donors (Lipinski definition) is 1. The lowest BCUT2D eigenvalue weighted by atomic mass is 10.1. The van der Waals surface area contributed by atoms with E-state index in [0.29, 0.717) is 23.8 Å². The van der Waals surface area contributed by atoms with Crippen molar-refractivity contribution in [1.29, 1.82) is 0 Å². The minimum absolute atomic E-state index is 0.565. The van der Waals surface area contributed by atoms with Crippen molar-refractivity contribution < 1.29 is 18.6 Å². The fourth-order valence-electron chi connectivity index (χ4n) is 2.29. The van der Waals surface area contributed by atoms with Crippen molar-refractivity contribution in [3.05, 3.63) is 41.7 Å². The van der Waals surface area contributed by atoms with Gasteiger partial charge in [0.1, 0.15) is 5.76 Å². The molecule has 2 heterocycles. The van der Waals surface area contributed by atoms with Gasteiger partial charge < -0.3 is 23.9 Å². The Bertz CT molecular complexity index is 774. The zero-order valence-electron chi connectivity index (χ0n) is 13.7. The van der Waals surface area contributed by atoms with E-state index in [9.17, 15) is 0 Å². The van der Waals surface area contributed by atoms with E-state index >= 15 is 0 Å². The molecule has 7 heteroatoms. The first-order chi connectivity index (χ1) is 11.7. The van der Waals surface area contributed by atoms with Crippen molar-refractivity contribution in [2.24, 2.45) is 0 Å². The zero-order chi connectivity index (χ0) is 16.9. The van der Waals surface area contributed by atoms with Crippen LogP contribution in [0.15, 0.2) is 40.3 Å². The fraction of sp³-hybridized carbons (Fsp3) is 0.235. The highest BCUT2D eigenvalue weighted by atomic mass is 32.1. The second-order valence-electron chi connectivity index (χ2n) is 4.88. The molecule has 1 N–H and O–H groups in total. The van der Waals surface area contributed by atoms with Gasteiger partial charge >= 0.3 is 0 Å². The second-order valence-corrected chi connectivity index (χ2v) is 5.74. The molecule has 0 saturated carbocycles. The molecule has 3 rings (SSSR count). The maximum atomic E-state index is 5.39. The lowest BCUT2D eigenvalue weighted by Crippen LogP contribution is -1.98. The van der Waals surface area contributed by atoms with E-state index < -0.39 is 0 Å². The molecule has 0 amide bonds. The van der Waals surface area contributed by atoms with Crippen molar-refractivity contribution in [3.8, 4) is 28.5 Å². The van der Waals surface area contributed by atoms with E-state index in [0.717, 1.165) is 22.1 Å².